The molecular weight excluding hydrogens is 672 g/mol. The average Bonchev–Trinajstić information content (AvgIpc) is 3.07. The Balaban J connectivity index is 1.86. The van der Waals surface area contributed by atoms with E-state index >= 15 is 0 Å². The Morgan fingerprint density at radius 1 is 0.377 bits per heavy atom. The summed E-state index contributed by atoms with van der Waals surface area (Å²) in [5.41, 5.74) is -1.87. The van der Waals surface area contributed by atoms with Crippen molar-refractivity contribution in [3.8, 4) is 0 Å². The van der Waals surface area contributed by atoms with E-state index < -0.39 is 27.6 Å². The molecular formula is C41H48N6O6. The smallest absolute Gasteiger partial charge is 0.0789 e. The molecule has 0 atom stereocenters. The van der Waals surface area contributed by atoms with E-state index in [1.165, 1.54) is 0 Å². The SMILES string of the molecule is CC(C)(C)N([O])c1ccc2c(c1)C1(c3cc(N([O])C(C)(C)C)ccc3N2[O])c2cc(N([O])C(C)(C)C)ccc2N([O])c2ccc(N([O])C(C)(C)C)cc21. The lowest BCUT2D eigenvalue weighted by atomic mass is 9.60. The first-order valence-electron chi connectivity index (χ1n) is 17.7. The monoisotopic (exact) mass is 720 g/mol. The van der Waals surface area contributed by atoms with Crippen molar-refractivity contribution in [2.75, 3.05) is 30.4 Å². The highest BCUT2D eigenvalue weighted by atomic mass is 16.5. The van der Waals surface area contributed by atoms with Gasteiger partial charge in [-0.05, 0) is 156 Å². The summed E-state index contributed by atoms with van der Waals surface area (Å²) in [5, 5.41) is 89.5. The Bertz CT molecular complexity index is 1760. The van der Waals surface area contributed by atoms with Crippen molar-refractivity contribution in [1.82, 2.24) is 0 Å². The largest absolute Gasteiger partial charge is 0.215 e. The first-order valence-corrected chi connectivity index (χ1v) is 17.7. The second-order valence-corrected chi connectivity index (χ2v) is 18.0. The minimum absolute atomic E-state index is 0.197. The van der Waals surface area contributed by atoms with E-state index in [4.69, 9.17) is 0 Å². The van der Waals surface area contributed by atoms with Crippen LogP contribution in [0.3, 0.4) is 0 Å². The molecule has 2 heterocycles. The molecule has 0 aliphatic carbocycles. The molecule has 2 aliphatic rings. The van der Waals surface area contributed by atoms with Crippen LogP contribution in [0.5, 0.6) is 0 Å². The van der Waals surface area contributed by atoms with Crippen molar-refractivity contribution in [1.29, 1.82) is 0 Å². The van der Waals surface area contributed by atoms with E-state index in [1.807, 2.05) is 0 Å². The molecule has 0 aromatic heterocycles. The molecule has 4 aromatic carbocycles. The molecule has 2 aliphatic heterocycles. The van der Waals surface area contributed by atoms with Crippen LogP contribution in [0.2, 0.25) is 0 Å². The van der Waals surface area contributed by atoms with Crippen LogP contribution in [-0.4, -0.2) is 22.2 Å². The highest BCUT2D eigenvalue weighted by Crippen LogP contribution is 2.63. The summed E-state index contributed by atoms with van der Waals surface area (Å²) < 4.78 is 0. The van der Waals surface area contributed by atoms with Crippen molar-refractivity contribution < 1.29 is 31.2 Å². The highest BCUT2D eigenvalue weighted by molar-refractivity contribution is 5.92. The van der Waals surface area contributed by atoms with E-state index in [1.54, 1.807) is 156 Å². The third-order valence-corrected chi connectivity index (χ3v) is 9.79. The quantitative estimate of drug-likeness (QED) is 0.193. The van der Waals surface area contributed by atoms with Gasteiger partial charge < -0.3 is 0 Å². The Morgan fingerprint density at radius 2 is 0.566 bits per heavy atom. The number of nitrogens with zero attached hydrogens (tertiary/aromatic N) is 6. The molecule has 0 bridgehead atoms. The number of hydrogen-bond donors (Lipinski definition) is 0. The van der Waals surface area contributed by atoms with Crippen molar-refractivity contribution in [2.45, 2.75) is 111 Å². The lowest BCUT2D eigenvalue weighted by Crippen LogP contribution is -2.44. The number of hydroxylamine groups is 4. The van der Waals surface area contributed by atoms with Gasteiger partial charge >= 0.3 is 0 Å². The molecule has 1 spiro atoms. The minimum atomic E-state index is -1.59. The fourth-order valence-electron chi connectivity index (χ4n) is 7.19. The Kier molecular flexibility index (Phi) is 8.81. The van der Waals surface area contributed by atoms with Gasteiger partial charge in [-0.1, -0.05) is 31.2 Å². The fourth-order valence-corrected chi connectivity index (χ4v) is 7.19. The third kappa shape index (κ3) is 6.03. The van der Waals surface area contributed by atoms with E-state index in [-0.39, 0.29) is 45.5 Å². The molecule has 12 heteroatoms. The van der Waals surface area contributed by atoms with E-state index in [2.05, 4.69) is 0 Å². The van der Waals surface area contributed by atoms with Crippen LogP contribution in [0.25, 0.3) is 0 Å². The van der Waals surface area contributed by atoms with Crippen molar-refractivity contribution in [2.24, 2.45) is 0 Å². The maximum atomic E-state index is 14.5. The van der Waals surface area contributed by atoms with Crippen LogP contribution in [0.15, 0.2) is 72.8 Å². The summed E-state index contributed by atoms with van der Waals surface area (Å²) in [6.45, 7) is 21.3. The van der Waals surface area contributed by atoms with Gasteiger partial charge in [-0.3, -0.25) is 0 Å². The topological polar surface area (TPSA) is 139 Å². The van der Waals surface area contributed by atoms with Crippen molar-refractivity contribution >= 4 is 45.5 Å². The van der Waals surface area contributed by atoms with Gasteiger partial charge in [-0.25, -0.2) is 20.3 Å². The summed E-state index contributed by atoms with van der Waals surface area (Å²) >= 11 is 0. The standard InChI is InChI=1S/C41H48N6O6/c1-37(2,3)44(50)25-13-17-33-29(21-25)41(30-22-26(45(51)38(4,5)6)14-18-34(30)42(33)48)31-23-27(46(52)39(7,8)9)15-19-35(31)43(49)36-20-16-28(24-32(36)41)47(53)40(10,11)12/h13-24H,1-12H3. The fraction of sp³-hybridized carbons (Fsp3) is 0.415. The number of hydrogen-bond acceptors (Lipinski definition) is 6. The molecule has 0 saturated heterocycles. The number of rotatable bonds is 4. The number of benzene rings is 4. The Morgan fingerprint density at radius 3 is 0.736 bits per heavy atom. The number of anilines is 8. The van der Waals surface area contributed by atoms with Crippen LogP contribution >= 0.6 is 0 Å². The summed E-state index contributed by atoms with van der Waals surface area (Å²) in [6, 6.07) is 19.3. The number of fused-ring (bicyclic) bond motifs is 8. The Hall–Kier alpha value is -4.56. The minimum Gasteiger partial charge on any atom is -0.215 e. The second kappa shape index (κ2) is 12.2. The lowest BCUT2D eigenvalue weighted by molar-refractivity contribution is 0.102. The zero-order valence-corrected chi connectivity index (χ0v) is 32.6. The summed E-state index contributed by atoms with van der Waals surface area (Å²) in [7, 11) is 0. The molecule has 6 rings (SSSR count). The van der Waals surface area contributed by atoms with E-state index in [9.17, 15) is 31.2 Å². The first-order chi connectivity index (χ1) is 24.3. The molecule has 0 amide bonds. The first kappa shape index (κ1) is 38.2. The van der Waals surface area contributed by atoms with Crippen LogP contribution in [0, 0.1) is 0 Å². The van der Waals surface area contributed by atoms with E-state index in [0.717, 1.165) is 30.4 Å². The normalized spacial score (nSPS) is 15.1. The van der Waals surface area contributed by atoms with Gasteiger partial charge in [0.2, 0.25) is 0 Å². The molecule has 6 radical (unpaired) electrons. The summed E-state index contributed by atoms with van der Waals surface area (Å²) in [4.78, 5) is 0. The molecule has 53 heavy (non-hydrogen) atoms. The Labute approximate surface area is 312 Å². The zero-order chi connectivity index (χ0) is 39.4. The molecule has 0 N–H and O–H groups in total. The van der Waals surface area contributed by atoms with E-state index in [0.29, 0.717) is 22.3 Å². The zero-order valence-electron chi connectivity index (χ0n) is 32.6. The van der Waals surface area contributed by atoms with Gasteiger partial charge in [0.05, 0.1) is 73.1 Å². The molecule has 0 fully saturated rings. The van der Waals surface area contributed by atoms with Crippen molar-refractivity contribution in [3.63, 3.8) is 0 Å². The van der Waals surface area contributed by atoms with Gasteiger partial charge in [-0.2, -0.15) is 10.1 Å². The van der Waals surface area contributed by atoms with Crippen LogP contribution in [-0.2, 0) is 36.7 Å². The predicted molar refractivity (Wildman–Crippen MR) is 202 cm³/mol. The molecule has 12 nitrogen and oxygen atoms in total. The summed E-state index contributed by atoms with van der Waals surface area (Å²) in [5.74, 6) is 0. The van der Waals surface area contributed by atoms with Gasteiger partial charge in [0.25, 0.3) is 0 Å². The van der Waals surface area contributed by atoms with Crippen LogP contribution < -0.4 is 30.4 Å². The average molecular weight is 721 g/mol. The molecule has 278 valence electrons. The molecule has 4 aromatic rings. The van der Waals surface area contributed by atoms with Gasteiger partial charge in [0.1, 0.15) is 0 Å². The molecule has 0 unspecified atom stereocenters. The third-order valence-electron chi connectivity index (χ3n) is 9.79. The van der Waals surface area contributed by atoms with Crippen LogP contribution in [0.4, 0.5) is 45.5 Å². The maximum Gasteiger partial charge on any atom is 0.0789 e. The maximum absolute atomic E-state index is 14.5. The summed E-state index contributed by atoms with van der Waals surface area (Å²) in [6.07, 6.45) is 0. The van der Waals surface area contributed by atoms with Crippen molar-refractivity contribution in [3.05, 3.63) is 95.1 Å². The van der Waals surface area contributed by atoms with Gasteiger partial charge in [0, 0.05) is 22.3 Å². The van der Waals surface area contributed by atoms with Gasteiger partial charge in [-0.15, -0.1) is 0 Å². The second-order valence-electron chi connectivity index (χ2n) is 18.0. The molecule has 0 saturated carbocycles. The highest BCUT2D eigenvalue weighted by Gasteiger charge is 2.53. The lowest BCUT2D eigenvalue weighted by Gasteiger charge is -2.49. The van der Waals surface area contributed by atoms with Gasteiger partial charge in [0.15, 0.2) is 0 Å². The van der Waals surface area contributed by atoms with Crippen LogP contribution in [0.1, 0.15) is 105 Å². The predicted octanol–water partition coefficient (Wildman–Crippen LogP) is 9.46.